The molecule has 0 bridgehead atoms. The number of halogens is 1. The molecule has 1 aliphatic rings. The molecule has 0 spiro atoms. The Kier molecular flexibility index (Phi) is 4.29. The Bertz CT molecular complexity index is 348. The average molecular weight is 230 g/mol. The lowest BCUT2D eigenvalue weighted by atomic mass is 10.1. The number of likely N-dealkylation sites (N-methyl/N-ethyl adjacent to an activating group) is 1. The Morgan fingerprint density at radius 1 is 1.53 bits per heavy atom. The fraction of sp³-hybridized carbons (Fsp3) is 0.600. The molecule has 0 atom stereocenters. The van der Waals surface area contributed by atoms with Crippen LogP contribution in [0.25, 0.3) is 5.57 Å². The lowest BCUT2D eigenvalue weighted by Gasteiger charge is -2.20. The molecular formula is C10H16ClN3O. The summed E-state index contributed by atoms with van der Waals surface area (Å²) in [7, 11) is 2.10. The fourth-order valence-corrected chi connectivity index (χ4v) is 1.58. The molecule has 0 saturated carbocycles. The van der Waals surface area contributed by atoms with E-state index < -0.39 is 0 Å². The molecule has 0 N–H and O–H groups in total. The van der Waals surface area contributed by atoms with E-state index in [1.165, 1.54) is 0 Å². The van der Waals surface area contributed by atoms with Crippen LogP contribution in [0.5, 0.6) is 0 Å². The van der Waals surface area contributed by atoms with Crippen LogP contribution < -0.4 is 0 Å². The first-order valence-corrected chi connectivity index (χ1v) is 5.00. The van der Waals surface area contributed by atoms with Crippen molar-refractivity contribution in [2.75, 3.05) is 20.1 Å². The van der Waals surface area contributed by atoms with Crippen molar-refractivity contribution >= 4 is 18.0 Å². The largest absolute Gasteiger partial charge is 0.334 e. The maximum Gasteiger partial charge on any atom is 0.254 e. The summed E-state index contributed by atoms with van der Waals surface area (Å²) >= 11 is 0. The summed E-state index contributed by atoms with van der Waals surface area (Å²) in [6, 6.07) is 0. The monoisotopic (exact) mass is 229 g/mol. The van der Waals surface area contributed by atoms with Gasteiger partial charge in [0.1, 0.15) is 0 Å². The summed E-state index contributed by atoms with van der Waals surface area (Å²) in [6.07, 6.45) is 4.08. The molecule has 0 saturated heterocycles. The van der Waals surface area contributed by atoms with E-state index in [1.54, 1.807) is 0 Å². The van der Waals surface area contributed by atoms with E-state index in [2.05, 4.69) is 28.2 Å². The molecule has 5 heteroatoms. The summed E-state index contributed by atoms with van der Waals surface area (Å²) in [5.41, 5.74) is 1.16. The zero-order valence-electron chi connectivity index (χ0n) is 9.06. The van der Waals surface area contributed by atoms with Crippen molar-refractivity contribution in [1.29, 1.82) is 0 Å². The second-order valence-corrected chi connectivity index (χ2v) is 3.63. The number of aromatic nitrogens is 2. The highest BCUT2D eigenvalue weighted by atomic mass is 35.5. The van der Waals surface area contributed by atoms with Crippen LogP contribution in [0.3, 0.4) is 0 Å². The maximum atomic E-state index is 5.19. The van der Waals surface area contributed by atoms with Crippen molar-refractivity contribution in [3.8, 4) is 0 Å². The topological polar surface area (TPSA) is 42.2 Å². The predicted octanol–water partition coefficient (Wildman–Crippen LogP) is 1.77. The first kappa shape index (κ1) is 12.2. The van der Waals surface area contributed by atoms with Crippen molar-refractivity contribution in [3.05, 3.63) is 17.8 Å². The van der Waals surface area contributed by atoms with E-state index >= 15 is 0 Å². The van der Waals surface area contributed by atoms with Crippen molar-refractivity contribution in [1.82, 2.24) is 15.0 Å². The van der Waals surface area contributed by atoms with Crippen molar-refractivity contribution in [2.45, 2.75) is 19.8 Å². The van der Waals surface area contributed by atoms with Crippen LogP contribution in [0.15, 0.2) is 10.6 Å². The van der Waals surface area contributed by atoms with Crippen molar-refractivity contribution in [3.63, 3.8) is 0 Å². The van der Waals surface area contributed by atoms with Gasteiger partial charge in [0.25, 0.3) is 5.89 Å². The van der Waals surface area contributed by atoms with Gasteiger partial charge >= 0.3 is 0 Å². The standard InChI is InChI=1S/C10H15N3O.ClH/c1-3-9-11-10(14-12-9)8-5-4-6-13(2)7-8;/h5H,3-4,6-7H2,1-2H3;1H. The lowest BCUT2D eigenvalue weighted by molar-refractivity contribution is 0.356. The molecular weight excluding hydrogens is 214 g/mol. The Morgan fingerprint density at radius 2 is 2.33 bits per heavy atom. The third-order valence-corrected chi connectivity index (χ3v) is 2.40. The van der Waals surface area contributed by atoms with E-state index in [9.17, 15) is 0 Å². The number of hydrogen-bond donors (Lipinski definition) is 0. The van der Waals surface area contributed by atoms with E-state index in [1.807, 2.05) is 6.92 Å². The van der Waals surface area contributed by atoms with Gasteiger partial charge in [-0.2, -0.15) is 4.98 Å². The lowest BCUT2D eigenvalue weighted by Crippen LogP contribution is -2.25. The molecule has 4 nitrogen and oxygen atoms in total. The number of nitrogens with zero attached hydrogens (tertiary/aromatic N) is 3. The molecule has 0 fully saturated rings. The SMILES string of the molecule is CCc1noc(C2=CCCN(C)C2)n1.Cl. The Morgan fingerprint density at radius 3 is 2.93 bits per heavy atom. The third kappa shape index (κ3) is 2.79. The van der Waals surface area contributed by atoms with Crippen molar-refractivity contribution in [2.24, 2.45) is 0 Å². The van der Waals surface area contributed by atoms with E-state index in [0.717, 1.165) is 37.3 Å². The minimum Gasteiger partial charge on any atom is -0.334 e. The summed E-state index contributed by atoms with van der Waals surface area (Å²) < 4.78 is 5.19. The van der Waals surface area contributed by atoms with Crippen LogP contribution >= 0.6 is 12.4 Å². The number of hydrogen-bond acceptors (Lipinski definition) is 4. The molecule has 0 amide bonds. The van der Waals surface area contributed by atoms with Gasteiger partial charge in [0.2, 0.25) is 0 Å². The summed E-state index contributed by atoms with van der Waals surface area (Å²) in [5.74, 6) is 1.47. The van der Waals surface area contributed by atoms with Gasteiger partial charge in [0, 0.05) is 25.1 Å². The molecule has 0 aliphatic carbocycles. The Hall–Kier alpha value is -0.870. The van der Waals surface area contributed by atoms with Gasteiger partial charge in [-0.15, -0.1) is 12.4 Å². The molecule has 1 aromatic heterocycles. The molecule has 15 heavy (non-hydrogen) atoms. The summed E-state index contributed by atoms with van der Waals surface area (Å²) in [5, 5.41) is 3.89. The van der Waals surface area contributed by atoms with E-state index in [-0.39, 0.29) is 12.4 Å². The maximum absolute atomic E-state index is 5.19. The highest BCUT2D eigenvalue weighted by Crippen LogP contribution is 2.18. The molecule has 0 unspecified atom stereocenters. The van der Waals surface area contributed by atoms with Crippen LogP contribution in [0.2, 0.25) is 0 Å². The quantitative estimate of drug-likeness (QED) is 0.775. The highest BCUT2D eigenvalue weighted by molar-refractivity contribution is 5.85. The zero-order chi connectivity index (χ0) is 9.97. The first-order chi connectivity index (χ1) is 6.79. The van der Waals surface area contributed by atoms with Crippen LogP contribution in [0.1, 0.15) is 25.1 Å². The zero-order valence-corrected chi connectivity index (χ0v) is 9.88. The second-order valence-electron chi connectivity index (χ2n) is 3.63. The summed E-state index contributed by atoms with van der Waals surface area (Å²) in [4.78, 5) is 6.57. The van der Waals surface area contributed by atoms with Crippen LogP contribution in [-0.4, -0.2) is 35.2 Å². The predicted molar refractivity (Wildman–Crippen MR) is 61.0 cm³/mol. The molecule has 2 heterocycles. The normalized spacial score (nSPS) is 17.1. The second kappa shape index (κ2) is 5.28. The highest BCUT2D eigenvalue weighted by Gasteiger charge is 2.15. The van der Waals surface area contributed by atoms with Crippen LogP contribution in [0.4, 0.5) is 0 Å². The fourth-order valence-electron chi connectivity index (χ4n) is 1.58. The Labute approximate surface area is 95.8 Å². The van der Waals surface area contributed by atoms with Gasteiger partial charge in [-0.3, -0.25) is 0 Å². The van der Waals surface area contributed by atoms with E-state index in [0.29, 0.717) is 5.89 Å². The first-order valence-electron chi connectivity index (χ1n) is 5.00. The third-order valence-electron chi connectivity index (χ3n) is 2.40. The van der Waals surface area contributed by atoms with Gasteiger partial charge < -0.3 is 9.42 Å². The van der Waals surface area contributed by atoms with Gasteiger partial charge in [0.05, 0.1) is 0 Å². The van der Waals surface area contributed by atoms with E-state index in [4.69, 9.17) is 4.52 Å². The number of rotatable bonds is 2. The minimum absolute atomic E-state index is 0. The number of aryl methyl sites for hydroxylation is 1. The molecule has 84 valence electrons. The molecule has 1 aromatic rings. The molecule has 0 aromatic carbocycles. The average Bonchev–Trinajstić information content (AvgIpc) is 2.66. The van der Waals surface area contributed by atoms with Crippen molar-refractivity contribution < 1.29 is 4.52 Å². The van der Waals surface area contributed by atoms with Crippen LogP contribution in [-0.2, 0) is 6.42 Å². The molecule has 2 rings (SSSR count). The summed E-state index contributed by atoms with van der Waals surface area (Å²) in [6.45, 7) is 4.04. The van der Waals surface area contributed by atoms with Crippen LogP contribution in [0, 0.1) is 0 Å². The molecule has 0 radical (unpaired) electrons. The van der Waals surface area contributed by atoms with Gasteiger partial charge in [0.15, 0.2) is 5.82 Å². The minimum atomic E-state index is 0. The Balaban J connectivity index is 0.00000112. The van der Waals surface area contributed by atoms with Gasteiger partial charge in [-0.25, -0.2) is 0 Å². The smallest absolute Gasteiger partial charge is 0.254 e. The molecule has 1 aliphatic heterocycles. The van der Waals surface area contributed by atoms with Gasteiger partial charge in [-0.1, -0.05) is 18.2 Å². The van der Waals surface area contributed by atoms with Gasteiger partial charge in [-0.05, 0) is 13.5 Å².